The van der Waals surface area contributed by atoms with Crippen LogP contribution in [-0.2, 0) is 4.79 Å². The number of ether oxygens (including phenoxy) is 1. The minimum Gasteiger partial charge on any atom is -0.492 e. The maximum atomic E-state index is 12.7. The number of carbonyl (C=O) groups is 1. The van der Waals surface area contributed by atoms with E-state index in [0.29, 0.717) is 12.5 Å². The standard InChI is InChI=1S/C16H20ClNO2/c1-11(17)12-6-8-18(9-7-12)16(19)14-10-20-15-5-3-2-4-13(14)15/h2-5,11-12,14H,6-10H2,1H3. The predicted molar refractivity (Wildman–Crippen MR) is 79.3 cm³/mol. The van der Waals surface area contributed by atoms with Gasteiger partial charge in [0.05, 0.1) is 0 Å². The summed E-state index contributed by atoms with van der Waals surface area (Å²) in [7, 11) is 0. The topological polar surface area (TPSA) is 29.5 Å². The van der Waals surface area contributed by atoms with Gasteiger partial charge in [0.25, 0.3) is 0 Å². The Morgan fingerprint density at radius 3 is 2.75 bits per heavy atom. The third-order valence-electron chi connectivity index (χ3n) is 4.50. The molecule has 0 radical (unpaired) electrons. The number of hydrogen-bond donors (Lipinski definition) is 0. The van der Waals surface area contributed by atoms with Gasteiger partial charge in [0.2, 0.25) is 5.91 Å². The molecule has 1 fully saturated rings. The average molecular weight is 294 g/mol. The predicted octanol–water partition coefficient (Wildman–Crippen LogP) is 3.03. The lowest BCUT2D eigenvalue weighted by molar-refractivity contribution is -0.134. The van der Waals surface area contributed by atoms with E-state index < -0.39 is 0 Å². The van der Waals surface area contributed by atoms with E-state index in [1.54, 1.807) is 0 Å². The first-order chi connectivity index (χ1) is 9.66. The highest BCUT2D eigenvalue weighted by atomic mass is 35.5. The second kappa shape index (κ2) is 5.65. The first-order valence-corrected chi connectivity index (χ1v) is 7.75. The molecular weight excluding hydrogens is 274 g/mol. The van der Waals surface area contributed by atoms with E-state index >= 15 is 0 Å². The Morgan fingerprint density at radius 2 is 2.05 bits per heavy atom. The first kappa shape index (κ1) is 13.7. The van der Waals surface area contributed by atoms with Crippen LogP contribution in [0, 0.1) is 5.92 Å². The van der Waals surface area contributed by atoms with E-state index in [-0.39, 0.29) is 17.2 Å². The van der Waals surface area contributed by atoms with Crippen LogP contribution in [0.25, 0.3) is 0 Å². The minimum absolute atomic E-state index is 0.129. The molecule has 2 aliphatic heterocycles. The third kappa shape index (κ3) is 2.51. The summed E-state index contributed by atoms with van der Waals surface area (Å²) in [5, 5.41) is 0.197. The van der Waals surface area contributed by atoms with Gasteiger partial charge >= 0.3 is 0 Å². The lowest BCUT2D eigenvalue weighted by Gasteiger charge is -2.34. The number of amides is 1. The summed E-state index contributed by atoms with van der Waals surface area (Å²) in [6.07, 6.45) is 2.01. The van der Waals surface area contributed by atoms with Crippen molar-refractivity contribution in [1.29, 1.82) is 0 Å². The molecule has 1 amide bonds. The van der Waals surface area contributed by atoms with Gasteiger partial charge < -0.3 is 9.64 Å². The number of halogens is 1. The molecular formula is C16H20ClNO2. The molecule has 0 saturated carbocycles. The van der Waals surface area contributed by atoms with Crippen molar-refractivity contribution in [3.8, 4) is 5.75 Å². The number of fused-ring (bicyclic) bond motifs is 1. The van der Waals surface area contributed by atoms with Crippen LogP contribution in [0.2, 0.25) is 0 Å². The molecule has 4 heteroatoms. The molecule has 2 aliphatic rings. The molecule has 0 N–H and O–H groups in total. The summed E-state index contributed by atoms with van der Waals surface area (Å²) >= 11 is 6.15. The van der Waals surface area contributed by atoms with Crippen LogP contribution in [0.4, 0.5) is 0 Å². The lowest BCUT2D eigenvalue weighted by Crippen LogP contribution is -2.42. The number of nitrogens with zero attached hydrogens (tertiary/aromatic N) is 1. The molecule has 20 heavy (non-hydrogen) atoms. The van der Waals surface area contributed by atoms with Gasteiger partial charge in [-0.2, -0.15) is 0 Å². The molecule has 0 bridgehead atoms. The van der Waals surface area contributed by atoms with Crippen LogP contribution in [0.1, 0.15) is 31.2 Å². The second-order valence-corrected chi connectivity index (χ2v) is 6.43. The molecule has 2 heterocycles. The highest BCUT2D eigenvalue weighted by Gasteiger charge is 2.35. The zero-order valence-electron chi connectivity index (χ0n) is 11.7. The van der Waals surface area contributed by atoms with Gasteiger partial charge in [-0.05, 0) is 31.7 Å². The number of likely N-dealkylation sites (tertiary alicyclic amines) is 1. The van der Waals surface area contributed by atoms with Gasteiger partial charge in [0.1, 0.15) is 18.3 Å². The SMILES string of the molecule is CC(Cl)C1CCN(C(=O)C2COc3ccccc32)CC1. The Hall–Kier alpha value is -1.22. The molecule has 3 rings (SSSR count). The van der Waals surface area contributed by atoms with E-state index in [9.17, 15) is 4.79 Å². The smallest absolute Gasteiger partial charge is 0.233 e. The fourth-order valence-electron chi connectivity index (χ4n) is 3.17. The molecule has 0 aliphatic carbocycles. The number of para-hydroxylation sites is 1. The number of carbonyl (C=O) groups excluding carboxylic acids is 1. The number of benzene rings is 1. The molecule has 1 aromatic rings. The number of rotatable bonds is 2. The summed E-state index contributed by atoms with van der Waals surface area (Å²) in [6, 6.07) is 7.84. The van der Waals surface area contributed by atoms with Crippen molar-refractivity contribution < 1.29 is 9.53 Å². The first-order valence-electron chi connectivity index (χ1n) is 7.31. The minimum atomic E-state index is -0.129. The molecule has 108 valence electrons. The molecule has 1 aromatic carbocycles. The Balaban J connectivity index is 1.67. The van der Waals surface area contributed by atoms with E-state index in [1.165, 1.54) is 0 Å². The van der Waals surface area contributed by atoms with Gasteiger partial charge in [-0.1, -0.05) is 18.2 Å². The van der Waals surface area contributed by atoms with Crippen molar-refractivity contribution in [3.05, 3.63) is 29.8 Å². The molecule has 3 nitrogen and oxygen atoms in total. The fraction of sp³-hybridized carbons (Fsp3) is 0.562. The van der Waals surface area contributed by atoms with E-state index in [4.69, 9.17) is 16.3 Å². The van der Waals surface area contributed by atoms with Gasteiger partial charge in [0, 0.05) is 24.0 Å². The number of hydrogen-bond acceptors (Lipinski definition) is 2. The van der Waals surface area contributed by atoms with Crippen LogP contribution >= 0.6 is 11.6 Å². The summed E-state index contributed by atoms with van der Waals surface area (Å²) in [6.45, 7) is 4.16. The van der Waals surface area contributed by atoms with E-state index in [1.807, 2.05) is 36.1 Å². The summed E-state index contributed by atoms with van der Waals surface area (Å²) in [5.41, 5.74) is 1.03. The third-order valence-corrected chi connectivity index (χ3v) is 4.86. The van der Waals surface area contributed by atoms with Crippen LogP contribution < -0.4 is 4.74 Å². The number of piperidine rings is 1. The largest absolute Gasteiger partial charge is 0.492 e. The normalized spacial score (nSPS) is 24.1. The molecule has 2 atom stereocenters. The van der Waals surface area contributed by atoms with Gasteiger partial charge in [-0.3, -0.25) is 4.79 Å². The Kier molecular flexibility index (Phi) is 3.88. The molecule has 2 unspecified atom stereocenters. The summed E-state index contributed by atoms with van der Waals surface area (Å²) in [4.78, 5) is 14.6. The van der Waals surface area contributed by atoms with Crippen molar-refractivity contribution >= 4 is 17.5 Å². The Morgan fingerprint density at radius 1 is 1.35 bits per heavy atom. The zero-order chi connectivity index (χ0) is 14.1. The van der Waals surface area contributed by atoms with Crippen molar-refractivity contribution in [2.45, 2.75) is 31.1 Å². The monoisotopic (exact) mass is 293 g/mol. The lowest BCUT2D eigenvalue weighted by atomic mass is 9.92. The summed E-state index contributed by atoms with van der Waals surface area (Å²) < 4.78 is 5.61. The van der Waals surface area contributed by atoms with Crippen LogP contribution in [-0.4, -0.2) is 35.9 Å². The van der Waals surface area contributed by atoms with Crippen molar-refractivity contribution in [2.75, 3.05) is 19.7 Å². The molecule has 1 saturated heterocycles. The van der Waals surface area contributed by atoms with Gasteiger partial charge in [0.15, 0.2) is 0 Å². The van der Waals surface area contributed by atoms with Crippen molar-refractivity contribution in [2.24, 2.45) is 5.92 Å². The van der Waals surface area contributed by atoms with Crippen molar-refractivity contribution in [3.63, 3.8) is 0 Å². The Labute approximate surface area is 124 Å². The van der Waals surface area contributed by atoms with Crippen molar-refractivity contribution in [1.82, 2.24) is 4.90 Å². The van der Waals surface area contributed by atoms with Crippen LogP contribution in [0.5, 0.6) is 5.75 Å². The average Bonchev–Trinajstić information content (AvgIpc) is 2.90. The van der Waals surface area contributed by atoms with E-state index in [0.717, 1.165) is 37.2 Å². The molecule has 0 spiro atoms. The maximum Gasteiger partial charge on any atom is 0.233 e. The highest BCUT2D eigenvalue weighted by Crippen LogP contribution is 2.35. The highest BCUT2D eigenvalue weighted by molar-refractivity contribution is 6.20. The van der Waals surface area contributed by atoms with Crippen LogP contribution in [0.3, 0.4) is 0 Å². The molecule has 0 aromatic heterocycles. The fourth-order valence-corrected chi connectivity index (χ4v) is 3.42. The van der Waals surface area contributed by atoms with E-state index in [2.05, 4.69) is 0 Å². The zero-order valence-corrected chi connectivity index (χ0v) is 12.5. The summed E-state index contributed by atoms with van der Waals surface area (Å²) in [5.74, 6) is 1.47. The van der Waals surface area contributed by atoms with Crippen LogP contribution in [0.15, 0.2) is 24.3 Å². The Bertz CT molecular complexity index is 495. The maximum absolute atomic E-state index is 12.7. The second-order valence-electron chi connectivity index (χ2n) is 5.74. The quantitative estimate of drug-likeness (QED) is 0.785. The van der Waals surface area contributed by atoms with Gasteiger partial charge in [-0.15, -0.1) is 11.6 Å². The number of alkyl halides is 1. The van der Waals surface area contributed by atoms with Gasteiger partial charge in [-0.25, -0.2) is 0 Å².